The van der Waals surface area contributed by atoms with Gasteiger partial charge in [0, 0.05) is 0 Å². The summed E-state index contributed by atoms with van der Waals surface area (Å²) in [6.45, 7) is 1.06. The van der Waals surface area contributed by atoms with E-state index < -0.39 is 50.7 Å². The molecule has 0 N–H and O–H groups in total. The zero-order valence-corrected chi connectivity index (χ0v) is 14.2. The van der Waals surface area contributed by atoms with Gasteiger partial charge in [0.05, 0.1) is 27.9 Å². The summed E-state index contributed by atoms with van der Waals surface area (Å²) in [6.07, 6.45) is -9.27. The average molecular weight is 421 g/mol. The summed E-state index contributed by atoms with van der Waals surface area (Å²) in [6, 6.07) is 0.987. The molecule has 26 heavy (non-hydrogen) atoms. The van der Waals surface area contributed by atoms with E-state index in [1.807, 2.05) is 0 Å². The van der Waals surface area contributed by atoms with Crippen molar-refractivity contribution in [2.45, 2.75) is 19.3 Å². The third-order valence-electron chi connectivity index (χ3n) is 3.07. The van der Waals surface area contributed by atoms with Crippen molar-refractivity contribution < 1.29 is 31.1 Å². The SMILES string of the molecule is CCOc1c(C(F)(F)F)ncn(-c2c(Cl)cc(C(F)(F)F)cc2Cl)c1=O. The molecule has 0 radical (unpaired) electrons. The molecule has 0 aliphatic heterocycles. The molecule has 142 valence electrons. The molecule has 1 heterocycles. The van der Waals surface area contributed by atoms with E-state index in [0.29, 0.717) is 23.0 Å². The van der Waals surface area contributed by atoms with Crippen LogP contribution in [0.1, 0.15) is 18.2 Å². The number of alkyl halides is 6. The van der Waals surface area contributed by atoms with Gasteiger partial charge in [0.2, 0.25) is 5.75 Å². The Kier molecular flexibility index (Phi) is 5.48. The number of hydrogen-bond acceptors (Lipinski definition) is 3. The van der Waals surface area contributed by atoms with Crippen LogP contribution in [0.25, 0.3) is 5.69 Å². The minimum absolute atomic E-state index is 0.279. The van der Waals surface area contributed by atoms with E-state index in [2.05, 4.69) is 4.98 Å². The first-order valence-electron chi connectivity index (χ1n) is 6.76. The highest BCUT2D eigenvalue weighted by Gasteiger charge is 2.39. The molecule has 0 aliphatic carbocycles. The van der Waals surface area contributed by atoms with Crippen LogP contribution in [0.2, 0.25) is 10.0 Å². The maximum absolute atomic E-state index is 13.0. The Morgan fingerprint density at radius 1 is 1.08 bits per heavy atom. The van der Waals surface area contributed by atoms with Crippen LogP contribution in [0.3, 0.4) is 0 Å². The van der Waals surface area contributed by atoms with Crippen molar-refractivity contribution in [1.82, 2.24) is 9.55 Å². The van der Waals surface area contributed by atoms with E-state index in [4.69, 9.17) is 27.9 Å². The van der Waals surface area contributed by atoms with Crippen LogP contribution in [0.15, 0.2) is 23.3 Å². The minimum atomic E-state index is -4.98. The summed E-state index contributed by atoms with van der Waals surface area (Å²) in [7, 11) is 0. The molecule has 1 aromatic carbocycles. The lowest BCUT2D eigenvalue weighted by atomic mass is 10.2. The van der Waals surface area contributed by atoms with Crippen molar-refractivity contribution in [3.63, 3.8) is 0 Å². The van der Waals surface area contributed by atoms with Gasteiger partial charge in [0.25, 0.3) is 0 Å². The Morgan fingerprint density at radius 2 is 1.62 bits per heavy atom. The average Bonchev–Trinajstić information content (AvgIpc) is 2.48. The van der Waals surface area contributed by atoms with Crippen LogP contribution >= 0.6 is 23.2 Å². The van der Waals surface area contributed by atoms with Crippen LogP contribution in [0.5, 0.6) is 5.75 Å². The number of nitrogens with zero attached hydrogens (tertiary/aromatic N) is 2. The predicted molar refractivity (Wildman–Crippen MR) is 81.0 cm³/mol. The van der Waals surface area contributed by atoms with E-state index in [0.717, 1.165) is 0 Å². The first-order chi connectivity index (χ1) is 11.9. The van der Waals surface area contributed by atoms with Crippen molar-refractivity contribution >= 4 is 23.2 Å². The van der Waals surface area contributed by atoms with Crippen LogP contribution < -0.4 is 10.3 Å². The Balaban J connectivity index is 2.75. The lowest BCUT2D eigenvalue weighted by molar-refractivity contribution is -0.143. The van der Waals surface area contributed by atoms with E-state index in [-0.39, 0.29) is 6.61 Å². The maximum atomic E-state index is 13.0. The smallest absolute Gasteiger partial charge is 0.437 e. The lowest BCUT2D eigenvalue weighted by Gasteiger charge is -2.16. The molecule has 0 aliphatic rings. The molecule has 12 heteroatoms. The molecule has 0 spiro atoms. The highest BCUT2D eigenvalue weighted by Crippen LogP contribution is 2.38. The van der Waals surface area contributed by atoms with Gasteiger partial charge in [-0.25, -0.2) is 4.98 Å². The summed E-state index contributed by atoms with van der Waals surface area (Å²) in [5, 5.41) is -1.20. The third-order valence-corrected chi connectivity index (χ3v) is 3.65. The molecule has 0 atom stereocenters. The van der Waals surface area contributed by atoms with Gasteiger partial charge in [0.15, 0.2) is 5.69 Å². The van der Waals surface area contributed by atoms with Gasteiger partial charge in [-0.1, -0.05) is 23.2 Å². The molecule has 0 saturated heterocycles. The zero-order valence-electron chi connectivity index (χ0n) is 12.7. The highest BCUT2D eigenvalue weighted by molar-refractivity contribution is 6.37. The first kappa shape index (κ1) is 20.4. The summed E-state index contributed by atoms with van der Waals surface area (Å²) >= 11 is 11.5. The number of halogens is 8. The number of benzene rings is 1. The topological polar surface area (TPSA) is 44.1 Å². The fourth-order valence-electron chi connectivity index (χ4n) is 2.03. The second-order valence-corrected chi connectivity index (χ2v) is 5.63. The summed E-state index contributed by atoms with van der Waals surface area (Å²) in [5.41, 5.74) is -4.53. The fourth-order valence-corrected chi connectivity index (χ4v) is 2.70. The van der Waals surface area contributed by atoms with Crippen molar-refractivity contribution in [3.05, 3.63) is 50.1 Å². The molecular formula is C14H8Cl2F6N2O2. The third kappa shape index (κ3) is 3.90. The predicted octanol–water partition coefficient (Wildman–Crippen LogP) is 4.98. The van der Waals surface area contributed by atoms with Gasteiger partial charge in [-0.3, -0.25) is 9.36 Å². The standard InChI is InChI=1S/C14H8Cl2F6N2O2/c1-2-26-10-11(14(20,21)22)23-5-24(12(10)25)9-7(15)3-6(4-8(9)16)13(17,18)19/h3-5H,2H2,1H3. The molecule has 0 saturated carbocycles. The first-order valence-corrected chi connectivity index (χ1v) is 7.51. The molecule has 0 fully saturated rings. The van der Waals surface area contributed by atoms with Crippen molar-refractivity contribution in [3.8, 4) is 11.4 Å². The van der Waals surface area contributed by atoms with Gasteiger partial charge in [0.1, 0.15) is 6.33 Å². The van der Waals surface area contributed by atoms with Gasteiger partial charge in [-0.05, 0) is 19.1 Å². The van der Waals surface area contributed by atoms with Crippen LogP contribution in [0, 0.1) is 0 Å². The van der Waals surface area contributed by atoms with Crippen LogP contribution in [-0.2, 0) is 12.4 Å². The minimum Gasteiger partial charge on any atom is -0.487 e. The van der Waals surface area contributed by atoms with E-state index in [1.165, 1.54) is 6.92 Å². The van der Waals surface area contributed by atoms with Crippen molar-refractivity contribution in [2.24, 2.45) is 0 Å². The fraction of sp³-hybridized carbons (Fsp3) is 0.286. The maximum Gasteiger partial charge on any atom is 0.437 e. The Labute approximate surface area is 151 Å². The van der Waals surface area contributed by atoms with Crippen molar-refractivity contribution in [1.29, 1.82) is 0 Å². The number of hydrogen-bond donors (Lipinski definition) is 0. The van der Waals surface area contributed by atoms with E-state index in [9.17, 15) is 31.1 Å². The highest BCUT2D eigenvalue weighted by atomic mass is 35.5. The molecule has 0 amide bonds. The Bertz CT molecular complexity index is 869. The van der Waals surface area contributed by atoms with E-state index in [1.54, 1.807) is 0 Å². The molecular weight excluding hydrogens is 413 g/mol. The summed E-state index contributed by atoms with van der Waals surface area (Å²) in [4.78, 5) is 15.5. The molecule has 1 aromatic heterocycles. The largest absolute Gasteiger partial charge is 0.487 e. The second kappa shape index (κ2) is 6.99. The second-order valence-electron chi connectivity index (χ2n) is 4.81. The molecule has 4 nitrogen and oxygen atoms in total. The van der Waals surface area contributed by atoms with Crippen molar-refractivity contribution in [2.75, 3.05) is 6.61 Å². The Hall–Kier alpha value is -1.94. The zero-order chi connectivity index (χ0) is 19.9. The van der Waals surface area contributed by atoms with Gasteiger partial charge in [-0.15, -0.1) is 0 Å². The van der Waals surface area contributed by atoms with Gasteiger partial charge in [-0.2, -0.15) is 26.3 Å². The molecule has 2 aromatic rings. The van der Waals surface area contributed by atoms with E-state index >= 15 is 0 Å². The number of rotatable bonds is 3. The monoisotopic (exact) mass is 420 g/mol. The molecule has 0 bridgehead atoms. The van der Waals surface area contributed by atoms with Crippen LogP contribution in [-0.4, -0.2) is 16.2 Å². The normalized spacial score (nSPS) is 12.3. The quantitative estimate of drug-likeness (QED) is 0.658. The Morgan fingerprint density at radius 3 is 2.04 bits per heavy atom. The molecule has 2 rings (SSSR count). The van der Waals surface area contributed by atoms with Gasteiger partial charge >= 0.3 is 17.9 Å². The summed E-state index contributed by atoms with van der Waals surface area (Å²) < 4.78 is 82.4. The summed E-state index contributed by atoms with van der Waals surface area (Å²) in [5.74, 6) is -1.12. The number of aromatic nitrogens is 2. The van der Waals surface area contributed by atoms with Gasteiger partial charge < -0.3 is 4.74 Å². The lowest BCUT2D eigenvalue weighted by Crippen LogP contribution is -2.26. The molecule has 0 unspecified atom stereocenters. The number of ether oxygens (including phenoxy) is 1. The van der Waals surface area contributed by atoms with Crippen LogP contribution in [0.4, 0.5) is 26.3 Å².